The molecule has 0 aliphatic rings. The van der Waals surface area contributed by atoms with E-state index in [1.54, 1.807) is 11.6 Å². The minimum Gasteiger partial charge on any atom is -0.483 e. The molecule has 7 heteroatoms. The van der Waals surface area contributed by atoms with Gasteiger partial charge in [-0.3, -0.25) is 10.2 Å². The van der Waals surface area contributed by atoms with E-state index in [1.165, 1.54) is 17.3 Å². The summed E-state index contributed by atoms with van der Waals surface area (Å²) in [4.78, 5) is 12.5. The van der Waals surface area contributed by atoms with E-state index in [0.717, 1.165) is 22.6 Å². The van der Waals surface area contributed by atoms with Gasteiger partial charge in [0, 0.05) is 5.75 Å². The number of aryl methyl sites for hydroxylation is 2. The molecular weight excluding hydrogens is 384 g/mol. The maximum absolute atomic E-state index is 12.5. The minimum atomic E-state index is -0.259. The number of ether oxygens (including phenoxy) is 1. The maximum atomic E-state index is 12.5. The van der Waals surface area contributed by atoms with Crippen molar-refractivity contribution >= 4 is 17.7 Å². The average Bonchev–Trinajstić information content (AvgIpc) is 3.05. The summed E-state index contributed by atoms with van der Waals surface area (Å²) in [7, 11) is 0. The molecule has 1 heterocycles. The van der Waals surface area contributed by atoms with E-state index in [4.69, 9.17) is 4.74 Å². The Hall–Kier alpha value is -2.80. The van der Waals surface area contributed by atoms with E-state index in [9.17, 15) is 4.79 Å². The van der Waals surface area contributed by atoms with Crippen LogP contribution in [0.3, 0.4) is 0 Å². The van der Waals surface area contributed by atoms with Crippen LogP contribution in [0.1, 0.15) is 42.3 Å². The highest BCUT2D eigenvalue weighted by Gasteiger charge is 2.14. The molecule has 0 saturated carbocycles. The van der Waals surface area contributed by atoms with Crippen molar-refractivity contribution < 1.29 is 9.53 Å². The van der Waals surface area contributed by atoms with E-state index < -0.39 is 0 Å². The lowest BCUT2D eigenvalue weighted by molar-refractivity contribution is -0.119. The fourth-order valence-corrected chi connectivity index (χ4v) is 3.72. The molecule has 0 fully saturated rings. The molecular formula is C22H26N4O2S. The monoisotopic (exact) mass is 410 g/mol. The Labute approximate surface area is 175 Å². The molecule has 1 N–H and O–H groups in total. The zero-order valence-corrected chi connectivity index (χ0v) is 18.0. The summed E-state index contributed by atoms with van der Waals surface area (Å²) in [6.45, 7) is 7.94. The third kappa shape index (κ3) is 5.60. The van der Waals surface area contributed by atoms with Gasteiger partial charge in [0.2, 0.25) is 5.16 Å². The van der Waals surface area contributed by atoms with Crippen molar-refractivity contribution in [2.24, 2.45) is 0 Å². The molecule has 0 saturated heterocycles. The molecule has 6 nitrogen and oxygen atoms in total. The third-order valence-corrected chi connectivity index (χ3v) is 5.39. The molecule has 0 aliphatic carbocycles. The molecule has 0 spiro atoms. The molecule has 0 unspecified atom stereocenters. The standard InChI is InChI=1S/C22H26N4O2S/c1-15(2)19-11-10-16(3)12-20(19)28-13-21(27)25-26-17(4)23-24-22(26)29-14-18-8-6-5-7-9-18/h5-12,15H,13-14H2,1-4H3,(H,25,27). The Morgan fingerprint density at radius 3 is 2.62 bits per heavy atom. The summed E-state index contributed by atoms with van der Waals surface area (Å²) in [5, 5.41) is 8.89. The van der Waals surface area contributed by atoms with E-state index in [1.807, 2.05) is 31.2 Å². The van der Waals surface area contributed by atoms with Gasteiger partial charge < -0.3 is 4.74 Å². The van der Waals surface area contributed by atoms with Gasteiger partial charge in [0.25, 0.3) is 5.91 Å². The van der Waals surface area contributed by atoms with Crippen molar-refractivity contribution in [2.45, 2.75) is 44.5 Å². The second-order valence-electron chi connectivity index (χ2n) is 7.16. The Kier molecular flexibility index (Phi) is 6.93. The van der Waals surface area contributed by atoms with Crippen LogP contribution < -0.4 is 10.2 Å². The molecule has 3 aromatic rings. The number of carbonyl (C=O) groups is 1. The number of carbonyl (C=O) groups excluding carboxylic acids is 1. The summed E-state index contributed by atoms with van der Waals surface area (Å²) < 4.78 is 7.44. The first-order chi connectivity index (χ1) is 13.9. The predicted molar refractivity (Wildman–Crippen MR) is 116 cm³/mol. The lowest BCUT2D eigenvalue weighted by Crippen LogP contribution is -2.29. The number of hydrogen-bond donors (Lipinski definition) is 1. The van der Waals surface area contributed by atoms with Crippen LogP contribution in [0.4, 0.5) is 0 Å². The molecule has 152 valence electrons. The van der Waals surface area contributed by atoms with Crippen LogP contribution in [-0.4, -0.2) is 27.4 Å². The molecule has 1 amide bonds. The van der Waals surface area contributed by atoms with E-state index in [2.05, 4.69) is 53.7 Å². The molecule has 2 aromatic carbocycles. The lowest BCUT2D eigenvalue weighted by Gasteiger charge is -2.15. The van der Waals surface area contributed by atoms with Gasteiger partial charge >= 0.3 is 0 Å². The van der Waals surface area contributed by atoms with Crippen LogP contribution in [-0.2, 0) is 10.5 Å². The number of rotatable bonds is 8. The number of amides is 1. The van der Waals surface area contributed by atoms with Crippen molar-refractivity contribution in [3.8, 4) is 5.75 Å². The summed E-state index contributed by atoms with van der Waals surface area (Å²) in [5.41, 5.74) is 6.20. The quantitative estimate of drug-likeness (QED) is 0.555. The van der Waals surface area contributed by atoms with Gasteiger partial charge in [-0.05, 0) is 42.5 Å². The van der Waals surface area contributed by atoms with Gasteiger partial charge in [0.1, 0.15) is 11.6 Å². The molecule has 0 atom stereocenters. The fraction of sp³-hybridized carbons (Fsp3) is 0.318. The Balaban J connectivity index is 1.63. The largest absolute Gasteiger partial charge is 0.483 e. The molecule has 0 radical (unpaired) electrons. The number of thioether (sulfide) groups is 1. The summed E-state index contributed by atoms with van der Waals surface area (Å²) in [5.74, 6) is 2.16. The number of nitrogens with zero attached hydrogens (tertiary/aromatic N) is 3. The van der Waals surface area contributed by atoms with Gasteiger partial charge in [-0.25, -0.2) is 4.68 Å². The van der Waals surface area contributed by atoms with Crippen molar-refractivity contribution in [3.63, 3.8) is 0 Å². The average molecular weight is 411 g/mol. The van der Waals surface area contributed by atoms with Crippen LogP contribution in [0.2, 0.25) is 0 Å². The number of aromatic nitrogens is 3. The highest BCUT2D eigenvalue weighted by atomic mass is 32.2. The molecule has 0 aliphatic heterocycles. The minimum absolute atomic E-state index is 0.0798. The molecule has 1 aromatic heterocycles. The van der Waals surface area contributed by atoms with Crippen LogP contribution in [0, 0.1) is 13.8 Å². The normalized spacial score (nSPS) is 10.9. The van der Waals surface area contributed by atoms with E-state index in [0.29, 0.717) is 16.9 Å². The summed E-state index contributed by atoms with van der Waals surface area (Å²) >= 11 is 1.52. The second-order valence-corrected chi connectivity index (χ2v) is 8.10. The van der Waals surface area contributed by atoms with Crippen molar-refractivity contribution in [1.29, 1.82) is 0 Å². The first-order valence-corrected chi connectivity index (χ1v) is 10.5. The van der Waals surface area contributed by atoms with Crippen LogP contribution in [0.25, 0.3) is 0 Å². The molecule has 29 heavy (non-hydrogen) atoms. The Morgan fingerprint density at radius 1 is 1.14 bits per heavy atom. The van der Waals surface area contributed by atoms with E-state index in [-0.39, 0.29) is 12.5 Å². The Bertz CT molecular complexity index is 970. The Morgan fingerprint density at radius 2 is 1.90 bits per heavy atom. The SMILES string of the molecule is Cc1ccc(C(C)C)c(OCC(=O)Nn2c(C)nnc2SCc2ccccc2)c1. The third-order valence-electron chi connectivity index (χ3n) is 4.39. The van der Waals surface area contributed by atoms with Gasteiger partial charge in [-0.1, -0.05) is 68.1 Å². The van der Waals surface area contributed by atoms with Gasteiger partial charge in [0.15, 0.2) is 6.61 Å². The molecule has 0 bridgehead atoms. The fourth-order valence-electron chi connectivity index (χ4n) is 2.83. The van der Waals surface area contributed by atoms with Gasteiger partial charge in [0.05, 0.1) is 0 Å². The predicted octanol–water partition coefficient (Wildman–Crippen LogP) is 4.46. The highest BCUT2D eigenvalue weighted by Crippen LogP contribution is 2.27. The maximum Gasteiger partial charge on any atom is 0.276 e. The van der Waals surface area contributed by atoms with Crippen LogP contribution >= 0.6 is 11.8 Å². The van der Waals surface area contributed by atoms with Crippen LogP contribution in [0.5, 0.6) is 5.75 Å². The first kappa shape index (κ1) is 20.9. The topological polar surface area (TPSA) is 69.0 Å². The zero-order chi connectivity index (χ0) is 20.8. The smallest absolute Gasteiger partial charge is 0.276 e. The first-order valence-electron chi connectivity index (χ1n) is 9.56. The van der Waals surface area contributed by atoms with Gasteiger partial charge in [-0.2, -0.15) is 0 Å². The summed E-state index contributed by atoms with van der Waals surface area (Å²) in [6, 6.07) is 16.2. The summed E-state index contributed by atoms with van der Waals surface area (Å²) in [6.07, 6.45) is 0. The highest BCUT2D eigenvalue weighted by molar-refractivity contribution is 7.98. The zero-order valence-electron chi connectivity index (χ0n) is 17.2. The van der Waals surface area contributed by atoms with Crippen molar-refractivity contribution in [3.05, 3.63) is 71.0 Å². The number of benzene rings is 2. The molecule has 3 rings (SSSR count). The van der Waals surface area contributed by atoms with Crippen molar-refractivity contribution in [2.75, 3.05) is 12.0 Å². The lowest BCUT2D eigenvalue weighted by atomic mass is 10.0. The second kappa shape index (κ2) is 9.60. The van der Waals surface area contributed by atoms with Gasteiger partial charge in [-0.15, -0.1) is 10.2 Å². The van der Waals surface area contributed by atoms with E-state index >= 15 is 0 Å². The number of nitrogens with one attached hydrogen (secondary N) is 1. The number of hydrogen-bond acceptors (Lipinski definition) is 5. The van der Waals surface area contributed by atoms with Crippen molar-refractivity contribution in [1.82, 2.24) is 14.9 Å². The van der Waals surface area contributed by atoms with Crippen LogP contribution in [0.15, 0.2) is 53.7 Å².